The van der Waals surface area contributed by atoms with E-state index in [0.717, 1.165) is 11.1 Å². The molecule has 33 heavy (non-hydrogen) atoms. The zero-order valence-corrected chi connectivity index (χ0v) is 18.2. The molecule has 5 aromatic rings. The van der Waals surface area contributed by atoms with E-state index in [-0.39, 0.29) is 17.3 Å². The van der Waals surface area contributed by atoms with Gasteiger partial charge in [0, 0.05) is 11.6 Å². The van der Waals surface area contributed by atoms with Crippen LogP contribution in [0.4, 0.5) is 5.82 Å². The Kier molecular flexibility index (Phi) is 5.46. The van der Waals surface area contributed by atoms with Gasteiger partial charge in [0.1, 0.15) is 16.9 Å². The first-order valence-electron chi connectivity index (χ1n) is 10.3. The number of carbonyl (C=O) groups excluding carboxylic acids is 1. The number of para-hydroxylation sites is 2. The van der Waals surface area contributed by atoms with Crippen LogP contribution in [0.2, 0.25) is 5.02 Å². The third kappa shape index (κ3) is 4.14. The van der Waals surface area contributed by atoms with Gasteiger partial charge >= 0.3 is 0 Å². The van der Waals surface area contributed by atoms with Gasteiger partial charge in [0.2, 0.25) is 0 Å². The number of aromatic nitrogens is 3. The number of nitrogens with one attached hydrogen (secondary N) is 1. The van der Waals surface area contributed by atoms with Crippen LogP contribution in [0, 0.1) is 0 Å². The number of nitrogen functional groups attached to an aromatic ring is 1. The number of benzene rings is 3. The van der Waals surface area contributed by atoms with E-state index in [0.29, 0.717) is 33.8 Å². The molecule has 0 unspecified atom stereocenters. The van der Waals surface area contributed by atoms with Crippen molar-refractivity contribution in [3.63, 3.8) is 0 Å². The smallest absolute Gasteiger partial charge is 0.257 e. The van der Waals surface area contributed by atoms with E-state index < -0.39 is 0 Å². The predicted octanol–water partition coefficient (Wildman–Crippen LogP) is 4.63. The lowest BCUT2D eigenvalue weighted by Gasteiger charge is -2.05. The number of hydrogen-bond acceptors (Lipinski definition) is 5. The van der Waals surface area contributed by atoms with E-state index in [1.807, 2.05) is 66.7 Å². The third-order valence-corrected chi connectivity index (χ3v) is 5.40. The fourth-order valence-corrected chi connectivity index (χ4v) is 3.76. The fourth-order valence-electron chi connectivity index (χ4n) is 3.57. The molecule has 2 aromatic heterocycles. The van der Waals surface area contributed by atoms with Gasteiger partial charge in [0.25, 0.3) is 5.91 Å². The molecule has 0 fully saturated rings. The lowest BCUT2D eigenvalue weighted by molar-refractivity contribution is 0.0953. The second kappa shape index (κ2) is 8.72. The zero-order chi connectivity index (χ0) is 22.8. The molecular formula is C25H19ClN6O. The van der Waals surface area contributed by atoms with Gasteiger partial charge in [-0.15, -0.1) is 0 Å². The number of fused-ring (bicyclic) bond motifs is 2. The number of hydrogen-bond donors (Lipinski definition) is 2. The summed E-state index contributed by atoms with van der Waals surface area (Å²) in [6, 6.07) is 24.3. The summed E-state index contributed by atoms with van der Waals surface area (Å²) in [5.74, 6) is -0.188. The molecule has 3 N–H and O–H groups in total. The lowest BCUT2D eigenvalue weighted by atomic mass is 10.2. The Balaban J connectivity index is 1.61. The maximum atomic E-state index is 13.2. The highest BCUT2D eigenvalue weighted by Gasteiger charge is 2.24. The Morgan fingerprint density at radius 1 is 1.00 bits per heavy atom. The van der Waals surface area contributed by atoms with Crippen LogP contribution < -0.4 is 11.1 Å². The van der Waals surface area contributed by atoms with E-state index in [4.69, 9.17) is 22.3 Å². The van der Waals surface area contributed by atoms with E-state index in [1.54, 1.807) is 18.3 Å². The number of anilines is 1. The van der Waals surface area contributed by atoms with E-state index in [1.165, 1.54) is 4.68 Å². The maximum Gasteiger partial charge on any atom is 0.257 e. The Morgan fingerprint density at radius 3 is 2.48 bits per heavy atom. The average molecular weight is 455 g/mol. The highest BCUT2D eigenvalue weighted by Crippen LogP contribution is 2.28. The molecule has 7 nitrogen and oxygen atoms in total. The number of halogens is 1. The van der Waals surface area contributed by atoms with Crippen molar-refractivity contribution in [1.82, 2.24) is 20.0 Å². The molecule has 0 saturated carbocycles. The lowest BCUT2D eigenvalue weighted by Crippen LogP contribution is -2.23. The summed E-state index contributed by atoms with van der Waals surface area (Å²) in [7, 11) is 0. The first-order valence-corrected chi connectivity index (χ1v) is 10.7. The number of rotatable bonds is 5. The SMILES string of the molecule is Nc1c(C(=O)NCc2ccccc2)c2nc3ccccc3nc2n1N=Cc1cccc(Cl)c1. The molecule has 1 amide bonds. The van der Waals surface area contributed by atoms with Crippen molar-refractivity contribution in [3.8, 4) is 0 Å². The molecule has 0 aliphatic rings. The van der Waals surface area contributed by atoms with Crippen molar-refractivity contribution in [2.45, 2.75) is 6.54 Å². The Morgan fingerprint density at radius 2 is 1.73 bits per heavy atom. The molecule has 5 rings (SSSR count). The summed E-state index contributed by atoms with van der Waals surface area (Å²) in [6.07, 6.45) is 1.62. The molecule has 0 radical (unpaired) electrons. The normalized spacial score (nSPS) is 11.4. The number of nitrogens with zero attached hydrogens (tertiary/aromatic N) is 4. The topological polar surface area (TPSA) is 98.2 Å². The van der Waals surface area contributed by atoms with Crippen molar-refractivity contribution in [2.24, 2.45) is 5.10 Å². The summed E-state index contributed by atoms with van der Waals surface area (Å²) in [5.41, 5.74) is 10.6. The van der Waals surface area contributed by atoms with E-state index in [2.05, 4.69) is 15.4 Å². The molecule has 0 aliphatic heterocycles. The highest BCUT2D eigenvalue weighted by molar-refractivity contribution is 6.30. The molecule has 0 bridgehead atoms. The van der Waals surface area contributed by atoms with Crippen LogP contribution in [0.1, 0.15) is 21.5 Å². The maximum absolute atomic E-state index is 13.2. The quantitative estimate of drug-likeness (QED) is 0.378. The summed E-state index contributed by atoms with van der Waals surface area (Å²) in [6.45, 7) is 0.360. The molecule has 0 spiro atoms. The van der Waals surface area contributed by atoms with Crippen LogP contribution in [-0.2, 0) is 6.54 Å². The molecule has 3 aromatic carbocycles. The van der Waals surface area contributed by atoms with Crippen molar-refractivity contribution in [3.05, 3.63) is 101 Å². The second-order valence-electron chi connectivity index (χ2n) is 7.42. The first-order chi connectivity index (χ1) is 16.1. The van der Waals surface area contributed by atoms with Crippen molar-refractivity contribution in [1.29, 1.82) is 0 Å². The van der Waals surface area contributed by atoms with Gasteiger partial charge in [0.15, 0.2) is 5.65 Å². The Labute approximate surface area is 194 Å². The summed E-state index contributed by atoms with van der Waals surface area (Å²) < 4.78 is 1.44. The summed E-state index contributed by atoms with van der Waals surface area (Å²) in [4.78, 5) is 22.6. The van der Waals surface area contributed by atoms with Crippen LogP contribution in [0.15, 0.2) is 84.0 Å². The zero-order valence-electron chi connectivity index (χ0n) is 17.4. The monoisotopic (exact) mass is 454 g/mol. The minimum absolute atomic E-state index is 0.157. The molecule has 0 aliphatic carbocycles. The molecule has 2 heterocycles. The standard InChI is InChI=1S/C25H19ClN6O/c26-18-10-6-9-17(13-18)15-29-32-23(27)21(25(33)28-14-16-7-2-1-3-8-16)22-24(32)31-20-12-5-4-11-19(20)30-22/h1-13,15H,14,27H2,(H,28,33). The Bertz CT molecular complexity index is 1510. The highest BCUT2D eigenvalue weighted by atomic mass is 35.5. The van der Waals surface area contributed by atoms with Gasteiger partial charge in [-0.05, 0) is 35.4 Å². The van der Waals surface area contributed by atoms with Crippen molar-refractivity contribution >= 4 is 51.7 Å². The molecule has 162 valence electrons. The number of amides is 1. The third-order valence-electron chi connectivity index (χ3n) is 5.17. The summed E-state index contributed by atoms with van der Waals surface area (Å²) >= 11 is 6.08. The van der Waals surface area contributed by atoms with Crippen LogP contribution in [0.25, 0.3) is 22.2 Å². The van der Waals surface area contributed by atoms with Gasteiger partial charge in [-0.1, -0.05) is 66.2 Å². The van der Waals surface area contributed by atoms with Crippen LogP contribution in [0.3, 0.4) is 0 Å². The molecule has 0 saturated heterocycles. The van der Waals surface area contributed by atoms with Gasteiger partial charge < -0.3 is 11.1 Å². The van der Waals surface area contributed by atoms with Gasteiger partial charge in [0.05, 0.1) is 17.2 Å². The van der Waals surface area contributed by atoms with Crippen LogP contribution in [-0.4, -0.2) is 26.8 Å². The van der Waals surface area contributed by atoms with E-state index >= 15 is 0 Å². The summed E-state index contributed by atoms with van der Waals surface area (Å²) in [5, 5.41) is 8.01. The van der Waals surface area contributed by atoms with E-state index in [9.17, 15) is 4.79 Å². The molecule has 8 heteroatoms. The van der Waals surface area contributed by atoms with Gasteiger partial charge in [-0.3, -0.25) is 4.79 Å². The minimum Gasteiger partial charge on any atom is -0.383 e. The van der Waals surface area contributed by atoms with Crippen molar-refractivity contribution < 1.29 is 4.79 Å². The molecule has 0 atom stereocenters. The van der Waals surface area contributed by atoms with Gasteiger partial charge in [-0.25, -0.2) is 9.97 Å². The predicted molar refractivity (Wildman–Crippen MR) is 132 cm³/mol. The molecular weight excluding hydrogens is 436 g/mol. The first kappa shape index (κ1) is 20.7. The van der Waals surface area contributed by atoms with Crippen LogP contribution in [0.5, 0.6) is 0 Å². The van der Waals surface area contributed by atoms with Crippen molar-refractivity contribution in [2.75, 3.05) is 5.73 Å². The van der Waals surface area contributed by atoms with Gasteiger partial charge in [-0.2, -0.15) is 9.78 Å². The number of carbonyl (C=O) groups is 1. The van der Waals surface area contributed by atoms with Crippen LogP contribution >= 0.6 is 11.6 Å². The largest absolute Gasteiger partial charge is 0.383 e. The Hall–Kier alpha value is -4.23. The average Bonchev–Trinajstić information content (AvgIpc) is 3.10. The number of nitrogens with two attached hydrogens (primary N) is 1. The fraction of sp³-hybridized carbons (Fsp3) is 0.0400. The minimum atomic E-state index is -0.345. The second-order valence-corrected chi connectivity index (χ2v) is 7.86.